The molecule has 118 valence electrons. The second kappa shape index (κ2) is 10.5. The highest BCUT2D eigenvalue weighted by Gasteiger charge is 2.12. The Kier molecular flexibility index (Phi) is 8.85. The lowest BCUT2D eigenvalue weighted by atomic mass is 10.2. The van der Waals surface area contributed by atoms with E-state index in [4.69, 9.17) is 9.47 Å². The Labute approximate surface area is 125 Å². The molecule has 0 saturated heterocycles. The van der Waals surface area contributed by atoms with Crippen LogP contribution in [0.5, 0.6) is 0 Å². The van der Waals surface area contributed by atoms with Gasteiger partial charge in [0.15, 0.2) is 0 Å². The molecule has 0 radical (unpaired) electrons. The topological polar surface area (TPSA) is 41.9 Å². The molecule has 0 aromatic heterocycles. The molecule has 0 unspecified atom stereocenters. The fourth-order valence-corrected chi connectivity index (χ4v) is 1.94. The molecule has 0 fully saturated rings. The van der Waals surface area contributed by atoms with Crippen molar-refractivity contribution in [3.05, 3.63) is 48.3 Å². The number of methoxy groups -OCH3 is 1. The van der Waals surface area contributed by atoms with Gasteiger partial charge in [-0.15, -0.1) is 6.58 Å². The van der Waals surface area contributed by atoms with Crippen LogP contribution in [0.4, 0.5) is 4.39 Å². The highest BCUT2D eigenvalue weighted by atomic mass is 19.1. The number of benzene rings is 1. The SMILES string of the molecule is C=CCOC[C@H](O)CN(CCOC)Cc1ccc(F)cc1. The molecule has 1 atom stereocenters. The average molecular weight is 297 g/mol. The van der Waals surface area contributed by atoms with Crippen molar-refractivity contribution in [2.24, 2.45) is 0 Å². The minimum atomic E-state index is -0.581. The first-order valence-corrected chi connectivity index (χ1v) is 6.98. The van der Waals surface area contributed by atoms with Crippen molar-refractivity contribution in [3.63, 3.8) is 0 Å². The Balaban J connectivity index is 2.49. The van der Waals surface area contributed by atoms with Gasteiger partial charge in [0.25, 0.3) is 0 Å². The molecule has 0 spiro atoms. The zero-order valence-corrected chi connectivity index (χ0v) is 12.5. The van der Waals surface area contributed by atoms with Crippen LogP contribution in [0.2, 0.25) is 0 Å². The number of halogens is 1. The lowest BCUT2D eigenvalue weighted by Crippen LogP contribution is -2.36. The molecule has 0 aliphatic carbocycles. The number of nitrogens with zero attached hydrogens (tertiary/aromatic N) is 1. The van der Waals surface area contributed by atoms with Crippen LogP contribution in [0, 0.1) is 5.82 Å². The molecule has 1 N–H and O–H groups in total. The Morgan fingerprint density at radius 1 is 1.38 bits per heavy atom. The van der Waals surface area contributed by atoms with Crippen molar-refractivity contribution in [1.82, 2.24) is 4.90 Å². The molecule has 0 saturated carbocycles. The van der Waals surface area contributed by atoms with Crippen molar-refractivity contribution < 1.29 is 19.0 Å². The molecule has 1 rings (SSSR count). The van der Waals surface area contributed by atoms with E-state index in [2.05, 4.69) is 11.5 Å². The smallest absolute Gasteiger partial charge is 0.123 e. The number of aliphatic hydroxyl groups is 1. The van der Waals surface area contributed by atoms with Crippen molar-refractivity contribution in [1.29, 1.82) is 0 Å². The summed E-state index contributed by atoms with van der Waals surface area (Å²) < 4.78 is 23.2. The zero-order valence-electron chi connectivity index (χ0n) is 12.5. The number of ether oxygens (including phenoxy) is 2. The summed E-state index contributed by atoms with van der Waals surface area (Å²) >= 11 is 0. The average Bonchev–Trinajstić information content (AvgIpc) is 2.47. The molecule has 5 heteroatoms. The predicted octanol–water partition coefficient (Wildman–Crippen LogP) is 1.84. The second-order valence-corrected chi connectivity index (χ2v) is 4.83. The molecular weight excluding hydrogens is 273 g/mol. The maximum Gasteiger partial charge on any atom is 0.123 e. The Bertz CT molecular complexity index is 397. The third kappa shape index (κ3) is 7.92. The van der Waals surface area contributed by atoms with Gasteiger partial charge in [-0.1, -0.05) is 18.2 Å². The third-order valence-electron chi connectivity index (χ3n) is 2.95. The Hall–Kier alpha value is -1.27. The summed E-state index contributed by atoms with van der Waals surface area (Å²) in [5.74, 6) is -0.250. The van der Waals surface area contributed by atoms with E-state index >= 15 is 0 Å². The minimum Gasteiger partial charge on any atom is -0.389 e. The first-order valence-electron chi connectivity index (χ1n) is 6.98. The number of hydrogen-bond donors (Lipinski definition) is 1. The van der Waals surface area contributed by atoms with Crippen LogP contribution in [0.25, 0.3) is 0 Å². The van der Waals surface area contributed by atoms with Gasteiger partial charge in [-0.25, -0.2) is 4.39 Å². The summed E-state index contributed by atoms with van der Waals surface area (Å²) in [6.45, 7) is 6.60. The van der Waals surface area contributed by atoms with E-state index in [0.717, 1.165) is 5.56 Å². The Morgan fingerprint density at radius 2 is 2.10 bits per heavy atom. The summed E-state index contributed by atoms with van der Waals surface area (Å²) in [5, 5.41) is 9.97. The molecule has 1 aromatic rings. The Morgan fingerprint density at radius 3 is 2.71 bits per heavy atom. The van der Waals surface area contributed by atoms with Gasteiger partial charge in [0.05, 0.1) is 25.9 Å². The van der Waals surface area contributed by atoms with Crippen LogP contribution < -0.4 is 0 Å². The van der Waals surface area contributed by atoms with Crippen molar-refractivity contribution in [2.45, 2.75) is 12.6 Å². The van der Waals surface area contributed by atoms with E-state index in [-0.39, 0.29) is 12.4 Å². The lowest BCUT2D eigenvalue weighted by molar-refractivity contribution is 0.0194. The molecule has 0 amide bonds. The van der Waals surface area contributed by atoms with E-state index in [1.54, 1.807) is 25.3 Å². The number of hydrogen-bond acceptors (Lipinski definition) is 4. The molecule has 4 nitrogen and oxygen atoms in total. The summed E-state index contributed by atoms with van der Waals surface area (Å²) in [5.41, 5.74) is 0.992. The van der Waals surface area contributed by atoms with Crippen LogP contribution in [0.15, 0.2) is 36.9 Å². The van der Waals surface area contributed by atoms with Gasteiger partial charge >= 0.3 is 0 Å². The molecule has 1 aromatic carbocycles. The molecule has 0 heterocycles. The van der Waals surface area contributed by atoms with Crippen LogP contribution in [0.3, 0.4) is 0 Å². The first-order chi connectivity index (χ1) is 10.2. The molecule has 0 bridgehead atoms. The predicted molar refractivity (Wildman–Crippen MR) is 80.6 cm³/mol. The summed E-state index contributed by atoms with van der Waals surface area (Å²) in [6, 6.07) is 6.37. The van der Waals surface area contributed by atoms with Crippen molar-refractivity contribution in [2.75, 3.05) is 40.0 Å². The summed E-state index contributed by atoms with van der Waals surface area (Å²) in [7, 11) is 1.64. The van der Waals surface area contributed by atoms with Gasteiger partial charge in [-0.3, -0.25) is 4.90 Å². The fraction of sp³-hybridized carbons (Fsp3) is 0.500. The van der Waals surface area contributed by atoms with E-state index in [1.807, 2.05) is 0 Å². The van der Waals surface area contributed by atoms with E-state index in [9.17, 15) is 9.50 Å². The van der Waals surface area contributed by atoms with E-state index in [1.165, 1.54) is 12.1 Å². The summed E-state index contributed by atoms with van der Waals surface area (Å²) in [4.78, 5) is 2.05. The molecule has 0 aliphatic heterocycles. The van der Waals surface area contributed by atoms with Crippen LogP contribution >= 0.6 is 0 Å². The largest absolute Gasteiger partial charge is 0.389 e. The molecule has 21 heavy (non-hydrogen) atoms. The highest BCUT2D eigenvalue weighted by Crippen LogP contribution is 2.07. The fourth-order valence-electron chi connectivity index (χ4n) is 1.94. The van der Waals surface area contributed by atoms with Crippen LogP contribution in [-0.2, 0) is 16.0 Å². The van der Waals surface area contributed by atoms with Gasteiger partial charge in [-0.05, 0) is 17.7 Å². The van der Waals surface area contributed by atoms with Gasteiger partial charge < -0.3 is 14.6 Å². The number of rotatable bonds is 11. The van der Waals surface area contributed by atoms with Crippen molar-refractivity contribution in [3.8, 4) is 0 Å². The highest BCUT2D eigenvalue weighted by molar-refractivity contribution is 5.15. The van der Waals surface area contributed by atoms with Gasteiger partial charge in [0, 0.05) is 26.7 Å². The maximum atomic E-state index is 12.9. The summed E-state index contributed by atoms with van der Waals surface area (Å²) in [6.07, 6.45) is 1.07. The quantitative estimate of drug-likeness (QED) is 0.500. The normalized spacial score (nSPS) is 12.6. The molecular formula is C16H24FNO3. The van der Waals surface area contributed by atoms with Gasteiger partial charge in [-0.2, -0.15) is 0 Å². The zero-order chi connectivity index (χ0) is 15.5. The van der Waals surface area contributed by atoms with Gasteiger partial charge in [0.1, 0.15) is 5.82 Å². The standard InChI is InChI=1S/C16H24FNO3/c1-3-9-21-13-16(19)12-18(8-10-20-2)11-14-4-6-15(17)7-5-14/h3-7,16,19H,1,8-13H2,2H3/t16-/m1/s1. The van der Waals surface area contributed by atoms with Crippen molar-refractivity contribution >= 4 is 0 Å². The monoisotopic (exact) mass is 297 g/mol. The third-order valence-corrected chi connectivity index (χ3v) is 2.95. The van der Waals surface area contributed by atoms with Gasteiger partial charge in [0.2, 0.25) is 0 Å². The van der Waals surface area contributed by atoms with Crippen LogP contribution in [0.1, 0.15) is 5.56 Å². The lowest BCUT2D eigenvalue weighted by Gasteiger charge is -2.24. The minimum absolute atomic E-state index is 0.250. The molecule has 0 aliphatic rings. The number of aliphatic hydroxyl groups excluding tert-OH is 1. The van der Waals surface area contributed by atoms with E-state index < -0.39 is 6.10 Å². The second-order valence-electron chi connectivity index (χ2n) is 4.83. The van der Waals surface area contributed by atoms with Crippen LogP contribution in [-0.4, -0.2) is 56.1 Å². The first kappa shape index (κ1) is 17.8. The maximum absolute atomic E-state index is 12.9. The van der Waals surface area contributed by atoms with E-state index in [0.29, 0.717) is 32.8 Å².